The van der Waals surface area contributed by atoms with Crippen molar-refractivity contribution in [2.45, 2.75) is 44.4 Å². The van der Waals surface area contributed by atoms with Crippen LogP contribution in [-0.4, -0.2) is 78.8 Å². The zero-order chi connectivity index (χ0) is 29.2. The van der Waals surface area contributed by atoms with E-state index in [9.17, 15) is 24.3 Å². The van der Waals surface area contributed by atoms with Crippen molar-refractivity contribution in [2.24, 2.45) is 5.73 Å². The summed E-state index contributed by atoms with van der Waals surface area (Å²) in [4.78, 5) is 50.7. The first-order chi connectivity index (χ1) is 19.4. The Hall–Kier alpha value is -3.84. The highest BCUT2D eigenvalue weighted by atomic mass is 16.5. The van der Waals surface area contributed by atoms with Gasteiger partial charge in [-0.3, -0.25) is 19.2 Å². The fraction of sp³-hybridized carbons (Fsp3) is 0.429. The second-order valence-electron chi connectivity index (χ2n) is 9.07. The van der Waals surface area contributed by atoms with Crippen LogP contribution in [0.1, 0.15) is 30.4 Å². The number of nitrogens with one attached hydrogen (secondary N) is 4. The van der Waals surface area contributed by atoms with Crippen molar-refractivity contribution in [3.63, 3.8) is 0 Å². The molecule has 40 heavy (non-hydrogen) atoms. The fourth-order valence-electron chi connectivity index (χ4n) is 3.73. The lowest BCUT2D eigenvalue weighted by atomic mass is 10.0. The average Bonchev–Trinajstić information content (AvgIpc) is 2.96. The molecular formula is C28H39N5O7. The van der Waals surface area contributed by atoms with E-state index < -0.39 is 42.3 Å². The first kappa shape index (κ1) is 32.4. The highest BCUT2D eigenvalue weighted by Crippen LogP contribution is 2.12. The number of ether oxygens (including phenoxy) is 1. The molecule has 0 fully saturated rings. The maximum Gasteiger partial charge on any atom is 0.246 e. The molecular weight excluding hydrogens is 518 g/mol. The highest BCUT2D eigenvalue weighted by molar-refractivity contribution is 5.98. The number of carbonyl (C=O) groups excluding carboxylic acids is 4. The summed E-state index contributed by atoms with van der Waals surface area (Å²) >= 11 is 0. The van der Waals surface area contributed by atoms with Gasteiger partial charge >= 0.3 is 0 Å². The van der Waals surface area contributed by atoms with Gasteiger partial charge in [0.15, 0.2) is 0 Å². The van der Waals surface area contributed by atoms with Crippen LogP contribution < -0.4 is 27.0 Å². The van der Waals surface area contributed by atoms with Crippen molar-refractivity contribution in [3.8, 4) is 0 Å². The zero-order valence-corrected chi connectivity index (χ0v) is 22.4. The molecule has 2 aromatic rings. The SMILES string of the molecule is NCCCCC(NC(=O)C(Cc1ccccc1)NC(=O)COCC(=O)NCCO)C(=O)Nc1ccc(CO)cc1. The summed E-state index contributed by atoms with van der Waals surface area (Å²) in [7, 11) is 0. The quantitative estimate of drug-likeness (QED) is 0.120. The lowest BCUT2D eigenvalue weighted by Crippen LogP contribution is -2.54. The van der Waals surface area contributed by atoms with Crippen molar-refractivity contribution in [2.75, 3.05) is 38.2 Å². The average molecular weight is 558 g/mol. The summed E-state index contributed by atoms with van der Waals surface area (Å²) in [5.41, 5.74) is 7.61. The molecule has 12 nitrogen and oxygen atoms in total. The predicted molar refractivity (Wildman–Crippen MR) is 149 cm³/mol. The molecule has 0 spiro atoms. The number of benzene rings is 2. The molecule has 0 aliphatic carbocycles. The summed E-state index contributed by atoms with van der Waals surface area (Å²) in [6.45, 7) is -0.676. The van der Waals surface area contributed by atoms with Gasteiger partial charge in [-0.25, -0.2) is 0 Å². The third kappa shape index (κ3) is 12.3. The normalized spacial score (nSPS) is 12.2. The lowest BCUT2D eigenvalue weighted by Gasteiger charge is -2.23. The second-order valence-corrected chi connectivity index (χ2v) is 9.07. The number of aliphatic hydroxyl groups is 2. The minimum Gasteiger partial charge on any atom is -0.395 e. The molecule has 0 bridgehead atoms. The molecule has 0 saturated carbocycles. The van der Waals surface area contributed by atoms with Crippen molar-refractivity contribution in [1.29, 1.82) is 0 Å². The largest absolute Gasteiger partial charge is 0.395 e. The molecule has 0 aliphatic heterocycles. The van der Waals surface area contributed by atoms with E-state index in [-0.39, 0.29) is 32.8 Å². The van der Waals surface area contributed by atoms with Crippen LogP contribution in [0.15, 0.2) is 54.6 Å². The van der Waals surface area contributed by atoms with Crippen LogP contribution in [0.2, 0.25) is 0 Å². The van der Waals surface area contributed by atoms with Gasteiger partial charge in [-0.2, -0.15) is 0 Å². The topological polar surface area (TPSA) is 192 Å². The van der Waals surface area contributed by atoms with Gasteiger partial charge in [0.1, 0.15) is 25.3 Å². The van der Waals surface area contributed by atoms with Crippen molar-refractivity contribution in [1.82, 2.24) is 16.0 Å². The van der Waals surface area contributed by atoms with Gasteiger partial charge in [-0.05, 0) is 49.1 Å². The third-order valence-electron chi connectivity index (χ3n) is 5.82. The molecule has 4 amide bonds. The van der Waals surface area contributed by atoms with E-state index in [1.807, 2.05) is 30.3 Å². The number of hydrogen-bond donors (Lipinski definition) is 7. The fourth-order valence-corrected chi connectivity index (χ4v) is 3.73. The maximum atomic E-state index is 13.4. The van der Waals surface area contributed by atoms with Crippen LogP contribution >= 0.6 is 0 Å². The number of carbonyl (C=O) groups is 4. The monoisotopic (exact) mass is 557 g/mol. The van der Waals surface area contributed by atoms with Crippen molar-refractivity contribution >= 4 is 29.3 Å². The van der Waals surface area contributed by atoms with Crippen molar-refractivity contribution in [3.05, 3.63) is 65.7 Å². The Balaban J connectivity index is 2.09. The van der Waals surface area contributed by atoms with Gasteiger partial charge in [0.2, 0.25) is 23.6 Å². The van der Waals surface area contributed by atoms with E-state index in [0.717, 1.165) is 5.56 Å². The summed E-state index contributed by atoms with van der Waals surface area (Å²) in [6.07, 6.45) is 1.76. The van der Waals surface area contributed by atoms with Crippen LogP contribution in [0.4, 0.5) is 5.69 Å². The van der Waals surface area contributed by atoms with Gasteiger partial charge in [0.05, 0.1) is 13.2 Å². The molecule has 0 saturated heterocycles. The Labute approximate surface area is 233 Å². The van der Waals surface area contributed by atoms with Crippen LogP contribution in [0.5, 0.6) is 0 Å². The van der Waals surface area contributed by atoms with E-state index in [0.29, 0.717) is 37.1 Å². The zero-order valence-electron chi connectivity index (χ0n) is 22.4. The number of nitrogens with two attached hydrogens (primary N) is 1. The molecule has 0 radical (unpaired) electrons. The Kier molecular flexibility index (Phi) is 14.9. The number of unbranched alkanes of at least 4 members (excludes halogenated alkanes) is 1. The first-order valence-corrected chi connectivity index (χ1v) is 13.2. The van der Waals surface area contributed by atoms with Gasteiger partial charge in [-0.1, -0.05) is 42.5 Å². The third-order valence-corrected chi connectivity index (χ3v) is 5.82. The lowest BCUT2D eigenvalue weighted by molar-refractivity contribution is -0.134. The molecule has 0 heterocycles. The molecule has 8 N–H and O–H groups in total. The number of rotatable bonds is 18. The van der Waals surface area contributed by atoms with Gasteiger partial charge in [-0.15, -0.1) is 0 Å². The van der Waals surface area contributed by atoms with E-state index >= 15 is 0 Å². The Morgan fingerprint density at radius 1 is 0.800 bits per heavy atom. The molecule has 218 valence electrons. The molecule has 2 aromatic carbocycles. The van der Waals surface area contributed by atoms with E-state index in [2.05, 4.69) is 21.3 Å². The molecule has 0 aliphatic rings. The van der Waals surface area contributed by atoms with Crippen LogP contribution in [-0.2, 0) is 36.9 Å². The minimum atomic E-state index is -1.02. The standard InChI is InChI=1S/C28H39N5O7/c29-13-5-4-8-23(27(38)31-22-11-9-21(17-35)10-12-22)33-28(39)24(16-20-6-2-1-3-7-20)32-26(37)19-40-18-25(36)30-14-15-34/h1-3,6-7,9-12,23-24,34-35H,4-5,8,13-19,29H2,(H,30,36)(H,31,38)(H,32,37)(H,33,39). The van der Waals surface area contributed by atoms with Crippen LogP contribution in [0, 0.1) is 0 Å². The first-order valence-electron chi connectivity index (χ1n) is 13.2. The smallest absolute Gasteiger partial charge is 0.246 e. The number of aliphatic hydroxyl groups excluding tert-OH is 2. The highest BCUT2D eigenvalue weighted by Gasteiger charge is 2.27. The molecule has 2 atom stereocenters. The Bertz CT molecular complexity index is 1070. The summed E-state index contributed by atoms with van der Waals surface area (Å²) < 4.78 is 5.12. The van der Waals surface area contributed by atoms with Crippen molar-refractivity contribution < 1.29 is 34.1 Å². The molecule has 2 unspecified atom stereocenters. The predicted octanol–water partition coefficient (Wildman–Crippen LogP) is -0.416. The summed E-state index contributed by atoms with van der Waals surface area (Å²) in [6, 6.07) is 13.9. The van der Waals surface area contributed by atoms with Gasteiger partial charge in [0, 0.05) is 18.7 Å². The molecule has 0 aromatic heterocycles. The molecule has 12 heteroatoms. The maximum absolute atomic E-state index is 13.4. The summed E-state index contributed by atoms with van der Waals surface area (Å²) in [5.74, 6) is -2.08. The number of hydrogen-bond acceptors (Lipinski definition) is 8. The van der Waals surface area contributed by atoms with Crippen LogP contribution in [0.25, 0.3) is 0 Å². The minimum absolute atomic E-state index is 0.0711. The van der Waals surface area contributed by atoms with E-state index in [1.165, 1.54) is 0 Å². The number of anilines is 1. The second kappa shape index (κ2) is 18.4. The van der Waals surface area contributed by atoms with Gasteiger partial charge < -0.3 is 42.0 Å². The Morgan fingerprint density at radius 3 is 2.15 bits per heavy atom. The van der Waals surface area contributed by atoms with Gasteiger partial charge in [0.25, 0.3) is 0 Å². The Morgan fingerprint density at radius 2 is 1.50 bits per heavy atom. The van der Waals surface area contributed by atoms with E-state index in [4.69, 9.17) is 15.6 Å². The van der Waals surface area contributed by atoms with Crippen LogP contribution in [0.3, 0.4) is 0 Å². The summed E-state index contributed by atoms with van der Waals surface area (Å²) in [5, 5.41) is 28.6. The van der Waals surface area contributed by atoms with E-state index in [1.54, 1.807) is 24.3 Å². The number of amides is 4. The molecule has 2 rings (SSSR count).